The second kappa shape index (κ2) is 7.94. The first-order valence-electron chi connectivity index (χ1n) is 8.97. The van der Waals surface area contributed by atoms with Gasteiger partial charge >= 0.3 is 0 Å². The minimum atomic E-state index is -0.235. The number of carbonyl (C=O) groups excluding carboxylic acids is 1. The molecule has 4 rings (SSSR count). The largest absolute Gasteiger partial charge is 0.486 e. The molecule has 6 nitrogen and oxygen atoms in total. The van der Waals surface area contributed by atoms with Gasteiger partial charge in [-0.15, -0.1) is 0 Å². The Balaban J connectivity index is 1.40. The fourth-order valence-electron chi connectivity index (χ4n) is 3.07. The average molecular weight is 399 g/mol. The van der Waals surface area contributed by atoms with Gasteiger partial charge in [0, 0.05) is 11.6 Å². The zero-order valence-electron chi connectivity index (χ0n) is 15.3. The molecule has 144 valence electrons. The third-order valence-corrected chi connectivity index (χ3v) is 4.81. The molecule has 0 saturated heterocycles. The number of hydrogen-bond acceptors (Lipinski definition) is 5. The van der Waals surface area contributed by atoms with Gasteiger partial charge in [0.25, 0.3) is 5.91 Å². The topological polar surface area (TPSA) is 69.7 Å². The molecule has 2 aromatic carbocycles. The molecule has 1 unspecified atom stereocenters. The van der Waals surface area contributed by atoms with E-state index in [0.29, 0.717) is 35.3 Å². The number of ether oxygens (including phenoxy) is 3. The van der Waals surface area contributed by atoms with Crippen LogP contribution in [0.25, 0.3) is 10.9 Å². The van der Waals surface area contributed by atoms with Crippen molar-refractivity contribution in [2.75, 3.05) is 19.8 Å². The molecule has 1 aliphatic rings. The van der Waals surface area contributed by atoms with Crippen LogP contribution in [0.15, 0.2) is 48.7 Å². The minimum absolute atomic E-state index is 0.123. The van der Waals surface area contributed by atoms with Crippen LogP contribution in [0.5, 0.6) is 17.2 Å². The molecule has 0 bridgehead atoms. The van der Waals surface area contributed by atoms with Crippen LogP contribution in [0, 0.1) is 0 Å². The normalized spacial score (nSPS) is 13.8. The highest BCUT2D eigenvalue weighted by Gasteiger charge is 2.16. The molecular formula is C21H19ClN2O4. The number of fused-ring (bicyclic) bond motifs is 2. The number of nitrogens with one attached hydrogen (secondary N) is 1. The molecule has 1 N–H and O–H groups in total. The Kier molecular flexibility index (Phi) is 5.21. The molecule has 1 atom stereocenters. The zero-order chi connectivity index (χ0) is 19.5. The van der Waals surface area contributed by atoms with Crippen molar-refractivity contribution < 1.29 is 19.0 Å². The fraction of sp³-hybridized carbons (Fsp3) is 0.238. The van der Waals surface area contributed by atoms with Crippen molar-refractivity contribution in [3.05, 3.63) is 59.2 Å². The lowest BCUT2D eigenvalue weighted by Crippen LogP contribution is -2.31. The summed E-state index contributed by atoms with van der Waals surface area (Å²) < 4.78 is 16.8. The van der Waals surface area contributed by atoms with Crippen molar-refractivity contribution in [3.63, 3.8) is 0 Å². The quantitative estimate of drug-likeness (QED) is 0.705. The van der Waals surface area contributed by atoms with E-state index in [1.807, 2.05) is 31.2 Å². The second-order valence-electron chi connectivity index (χ2n) is 6.43. The van der Waals surface area contributed by atoms with Gasteiger partial charge in [-0.05, 0) is 48.9 Å². The molecule has 0 spiro atoms. The first-order chi connectivity index (χ1) is 13.6. The number of amides is 1. The Morgan fingerprint density at radius 3 is 2.89 bits per heavy atom. The Labute approximate surface area is 167 Å². The van der Waals surface area contributed by atoms with Crippen LogP contribution in [-0.2, 0) is 4.79 Å². The average Bonchev–Trinajstić information content (AvgIpc) is 2.73. The molecule has 28 heavy (non-hydrogen) atoms. The van der Waals surface area contributed by atoms with Crippen molar-refractivity contribution in [1.82, 2.24) is 10.3 Å². The van der Waals surface area contributed by atoms with Crippen molar-refractivity contribution in [3.8, 4) is 17.2 Å². The van der Waals surface area contributed by atoms with Crippen LogP contribution in [0.4, 0.5) is 0 Å². The maximum absolute atomic E-state index is 12.4. The summed E-state index contributed by atoms with van der Waals surface area (Å²) in [6.45, 7) is 2.85. The molecule has 2 heterocycles. The number of hydrogen-bond donors (Lipinski definition) is 1. The van der Waals surface area contributed by atoms with Gasteiger partial charge in [0.1, 0.15) is 24.5 Å². The maximum atomic E-state index is 12.4. The predicted molar refractivity (Wildman–Crippen MR) is 106 cm³/mol. The lowest BCUT2D eigenvalue weighted by molar-refractivity contribution is -0.123. The third-order valence-electron chi connectivity index (χ3n) is 4.48. The van der Waals surface area contributed by atoms with Crippen molar-refractivity contribution in [1.29, 1.82) is 0 Å². The first kappa shape index (κ1) is 18.4. The molecule has 3 aromatic rings. The second-order valence-corrected chi connectivity index (χ2v) is 6.83. The zero-order valence-corrected chi connectivity index (χ0v) is 16.0. The third kappa shape index (κ3) is 3.82. The highest BCUT2D eigenvalue weighted by Crippen LogP contribution is 2.33. The van der Waals surface area contributed by atoms with Crippen LogP contribution in [0.3, 0.4) is 0 Å². The molecule has 1 aromatic heterocycles. The summed E-state index contributed by atoms with van der Waals surface area (Å²) in [6, 6.07) is 12.6. The maximum Gasteiger partial charge on any atom is 0.258 e. The lowest BCUT2D eigenvalue weighted by Gasteiger charge is -2.21. The fourth-order valence-corrected chi connectivity index (χ4v) is 3.28. The molecule has 1 amide bonds. The van der Waals surface area contributed by atoms with Gasteiger partial charge in [-0.2, -0.15) is 0 Å². The van der Waals surface area contributed by atoms with Gasteiger partial charge in [-0.1, -0.05) is 17.7 Å². The summed E-state index contributed by atoms with van der Waals surface area (Å²) in [5, 5.41) is 4.30. The van der Waals surface area contributed by atoms with E-state index in [2.05, 4.69) is 10.3 Å². The number of nitrogens with zero attached hydrogens (tertiary/aromatic N) is 1. The molecule has 0 aliphatic carbocycles. The van der Waals surface area contributed by atoms with E-state index in [9.17, 15) is 4.79 Å². The van der Waals surface area contributed by atoms with E-state index in [1.165, 1.54) is 0 Å². The summed E-state index contributed by atoms with van der Waals surface area (Å²) >= 11 is 6.18. The molecule has 7 heteroatoms. The molecule has 0 radical (unpaired) electrons. The SMILES string of the molecule is CC(NC(=O)COc1ccc(Cl)c2cccnc12)c1ccc2c(c1)OCCO2. The van der Waals surface area contributed by atoms with E-state index >= 15 is 0 Å². The number of carbonyl (C=O) groups is 1. The monoisotopic (exact) mass is 398 g/mol. The van der Waals surface area contributed by atoms with E-state index < -0.39 is 0 Å². The van der Waals surface area contributed by atoms with Crippen LogP contribution >= 0.6 is 11.6 Å². The highest BCUT2D eigenvalue weighted by atomic mass is 35.5. The molecule has 1 aliphatic heterocycles. The van der Waals surface area contributed by atoms with Gasteiger partial charge in [-0.25, -0.2) is 0 Å². The predicted octanol–water partition coefficient (Wildman–Crippen LogP) is 3.92. The summed E-state index contributed by atoms with van der Waals surface area (Å²) in [7, 11) is 0. The molecule has 0 saturated carbocycles. The van der Waals surface area contributed by atoms with Gasteiger partial charge in [0.2, 0.25) is 0 Å². The van der Waals surface area contributed by atoms with Crippen LogP contribution in [0.1, 0.15) is 18.5 Å². The lowest BCUT2D eigenvalue weighted by atomic mass is 10.1. The van der Waals surface area contributed by atoms with E-state index in [1.54, 1.807) is 24.4 Å². The van der Waals surface area contributed by atoms with Crippen LogP contribution < -0.4 is 19.5 Å². The Bertz CT molecular complexity index is 1020. The molecule has 0 fully saturated rings. The van der Waals surface area contributed by atoms with E-state index in [-0.39, 0.29) is 18.6 Å². The summed E-state index contributed by atoms with van der Waals surface area (Å²) in [6.07, 6.45) is 1.66. The van der Waals surface area contributed by atoms with Gasteiger partial charge in [0.15, 0.2) is 18.1 Å². The molecular weight excluding hydrogens is 380 g/mol. The Morgan fingerprint density at radius 1 is 1.21 bits per heavy atom. The minimum Gasteiger partial charge on any atom is -0.486 e. The smallest absolute Gasteiger partial charge is 0.258 e. The Hall–Kier alpha value is -2.99. The van der Waals surface area contributed by atoms with Gasteiger partial charge < -0.3 is 19.5 Å². The summed E-state index contributed by atoms with van der Waals surface area (Å²) in [4.78, 5) is 16.7. The van der Waals surface area contributed by atoms with Crippen molar-refractivity contribution in [2.24, 2.45) is 0 Å². The summed E-state index contributed by atoms with van der Waals surface area (Å²) in [5.41, 5.74) is 1.55. The standard InChI is InChI=1S/C21H19ClN2O4/c1-13(14-4-6-17-19(11-14)27-10-9-26-17)24-20(25)12-28-18-7-5-16(22)15-3-2-8-23-21(15)18/h2-8,11,13H,9-10,12H2,1H3,(H,24,25). The summed E-state index contributed by atoms with van der Waals surface area (Å²) in [5.74, 6) is 1.70. The number of halogens is 1. The van der Waals surface area contributed by atoms with Crippen LogP contribution in [0.2, 0.25) is 5.02 Å². The van der Waals surface area contributed by atoms with E-state index in [4.69, 9.17) is 25.8 Å². The number of rotatable bonds is 5. The van der Waals surface area contributed by atoms with E-state index in [0.717, 1.165) is 16.7 Å². The number of pyridine rings is 1. The van der Waals surface area contributed by atoms with Crippen LogP contribution in [-0.4, -0.2) is 30.7 Å². The van der Waals surface area contributed by atoms with Crippen molar-refractivity contribution in [2.45, 2.75) is 13.0 Å². The number of aromatic nitrogens is 1. The van der Waals surface area contributed by atoms with Gasteiger partial charge in [0.05, 0.1) is 11.1 Å². The number of benzene rings is 2. The van der Waals surface area contributed by atoms with Crippen molar-refractivity contribution >= 4 is 28.4 Å². The highest BCUT2D eigenvalue weighted by molar-refractivity contribution is 6.35. The first-order valence-corrected chi connectivity index (χ1v) is 9.34. The Morgan fingerprint density at radius 2 is 2.04 bits per heavy atom. The van der Waals surface area contributed by atoms with Gasteiger partial charge in [-0.3, -0.25) is 9.78 Å².